The Balaban J connectivity index is 1.60. The Morgan fingerprint density at radius 2 is 1.31 bits per heavy atom. The van der Waals surface area contributed by atoms with E-state index in [2.05, 4.69) is 5.32 Å². The molecule has 3 rings (SSSR count). The van der Waals surface area contributed by atoms with E-state index in [9.17, 15) is 13.5 Å². The second-order valence-electron chi connectivity index (χ2n) is 6.02. The zero-order chi connectivity index (χ0) is 18.4. The summed E-state index contributed by atoms with van der Waals surface area (Å²) in [6.45, 7) is 0.976. The van der Waals surface area contributed by atoms with Crippen LogP contribution in [0, 0.1) is 0 Å². The maximum atomic E-state index is 12.6. The number of hydrogen-bond donors (Lipinski definition) is 2. The van der Waals surface area contributed by atoms with E-state index in [0.29, 0.717) is 13.1 Å². The summed E-state index contributed by atoms with van der Waals surface area (Å²) in [5.41, 5.74) is 1.82. The molecular formula is C21H21NO3S. The van der Waals surface area contributed by atoms with Crippen LogP contribution >= 0.6 is 0 Å². The molecule has 134 valence electrons. The Bertz CT molecular complexity index is 924. The minimum absolute atomic E-state index is 0.275. The van der Waals surface area contributed by atoms with E-state index in [4.69, 9.17) is 0 Å². The van der Waals surface area contributed by atoms with Crippen LogP contribution in [0.15, 0.2) is 94.7 Å². The summed E-state index contributed by atoms with van der Waals surface area (Å²) in [7, 11) is -3.49. The molecule has 0 fully saturated rings. The number of benzene rings is 3. The van der Waals surface area contributed by atoms with Gasteiger partial charge in [0.05, 0.1) is 15.9 Å². The fraction of sp³-hybridized carbons (Fsp3) is 0.143. The lowest BCUT2D eigenvalue weighted by Gasteiger charge is -2.12. The van der Waals surface area contributed by atoms with Crippen molar-refractivity contribution in [2.45, 2.75) is 22.4 Å². The summed E-state index contributed by atoms with van der Waals surface area (Å²) < 4.78 is 25.1. The Morgan fingerprint density at radius 3 is 1.92 bits per heavy atom. The number of rotatable bonds is 7. The highest BCUT2D eigenvalue weighted by Crippen LogP contribution is 2.20. The second-order valence-corrected chi connectivity index (χ2v) is 7.97. The summed E-state index contributed by atoms with van der Waals surface area (Å²) in [6.07, 6.45) is -0.575. The molecule has 0 aliphatic heterocycles. The van der Waals surface area contributed by atoms with Crippen molar-refractivity contribution < 1.29 is 13.5 Å². The lowest BCUT2D eigenvalue weighted by molar-refractivity contribution is 0.174. The van der Waals surface area contributed by atoms with Gasteiger partial charge in [0.15, 0.2) is 0 Å². The molecule has 0 aliphatic rings. The van der Waals surface area contributed by atoms with E-state index in [0.717, 1.165) is 11.1 Å². The van der Waals surface area contributed by atoms with Crippen LogP contribution in [-0.4, -0.2) is 20.1 Å². The van der Waals surface area contributed by atoms with Crippen LogP contribution < -0.4 is 5.32 Å². The molecule has 0 aliphatic carbocycles. The molecule has 0 amide bonds. The summed E-state index contributed by atoms with van der Waals surface area (Å²) in [5, 5.41) is 13.3. The van der Waals surface area contributed by atoms with Crippen LogP contribution in [0.25, 0.3) is 0 Å². The first-order chi connectivity index (χ1) is 12.6. The molecule has 26 heavy (non-hydrogen) atoms. The quantitative estimate of drug-likeness (QED) is 0.672. The first-order valence-electron chi connectivity index (χ1n) is 8.40. The highest BCUT2D eigenvalue weighted by molar-refractivity contribution is 7.91. The zero-order valence-electron chi connectivity index (χ0n) is 14.2. The fourth-order valence-electron chi connectivity index (χ4n) is 2.67. The molecule has 0 saturated heterocycles. The molecule has 0 bridgehead atoms. The third kappa shape index (κ3) is 4.38. The van der Waals surface area contributed by atoms with Gasteiger partial charge in [-0.05, 0) is 35.4 Å². The standard InChI is InChI=1S/C21H21NO3S/c23-21(18-7-3-1-4-8-18)16-22-15-17-11-13-20(14-12-17)26(24,25)19-9-5-2-6-10-19/h1-14,21-23H,15-16H2/t21-/m1/s1. The molecule has 0 saturated carbocycles. The molecule has 0 spiro atoms. The maximum absolute atomic E-state index is 12.6. The van der Waals surface area contributed by atoms with Gasteiger partial charge in [-0.1, -0.05) is 60.7 Å². The lowest BCUT2D eigenvalue weighted by Crippen LogP contribution is -2.21. The molecular weight excluding hydrogens is 346 g/mol. The van der Waals surface area contributed by atoms with Crippen molar-refractivity contribution in [2.75, 3.05) is 6.54 Å². The number of nitrogens with one attached hydrogen (secondary N) is 1. The number of aliphatic hydroxyl groups is 1. The minimum atomic E-state index is -3.49. The van der Waals surface area contributed by atoms with Crippen LogP contribution in [0.1, 0.15) is 17.2 Å². The van der Waals surface area contributed by atoms with Gasteiger partial charge in [0.1, 0.15) is 0 Å². The van der Waals surface area contributed by atoms with Gasteiger partial charge in [0.2, 0.25) is 9.84 Å². The van der Waals surface area contributed by atoms with Crippen molar-refractivity contribution in [3.63, 3.8) is 0 Å². The molecule has 0 radical (unpaired) electrons. The molecule has 0 aromatic heterocycles. The van der Waals surface area contributed by atoms with Crippen molar-refractivity contribution in [3.8, 4) is 0 Å². The van der Waals surface area contributed by atoms with E-state index in [1.807, 2.05) is 30.3 Å². The summed E-state index contributed by atoms with van der Waals surface area (Å²) >= 11 is 0. The smallest absolute Gasteiger partial charge is 0.206 e. The maximum Gasteiger partial charge on any atom is 0.206 e. The highest BCUT2D eigenvalue weighted by Gasteiger charge is 2.16. The lowest BCUT2D eigenvalue weighted by atomic mass is 10.1. The minimum Gasteiger partial charge on any atom is -0.387 e. The summed E-state index contributed by atoms with van der Waals surface area (Å²) in [6, 6.07) is 24.7. The normalized spacial score (nSPS) is 12.7. The van der Waals surface area contributed by atoms with Gasteiger partial charge < -0.3 is 10.4 Å². The van der Waals surface area contributed by atoms with E-state index in [1.165, 1.54) is 0 Å². The van der Waals surface area contributed by atoms with Gasteiger partial charge >= 0.3 is 0 Å². The number of aliphatic hydroxyl groups excluding tert-OH is 1. The van der Waals surface area contributed by atoms with Gasteiger partial charge in [-0.15, -0.1) is 0 Å². The molecule has 3 aromatic carbocycles. The highest BCUT2D eigenvalue weighted by atomic mass is 32.2. The number of sulfone groups is 1. The second kappa shape index (κ2) is 8.27. The molecule has 3 aromatic rings. The van der Waals surface area contributed by atoms with Crippen LogP contribution in [0.5, 0.6) is 0 Å². The molecule has 5 heteroatoms. The summed E-state index contributed by atoms with van der Waals surface area (Å²) in [5.74, 6) is 0. The topological polar surface area (TPSA) is 66.4 Å². The molecule has 2 N–H and O–H groups in total. The predicted octanol–water partition coefficient (Wildman–Crippen LogP) is 3.34. The van der Waals surface area contributed by atoms with Crippen LogP contribution in [0.2, 0.25) is 0 Å². The van der Waals surface area contributed by atoms with Gasteiger partial charge in [0, 0.05) is 13.1 Å². The van der Waals surface area contributed by atoms with Crippen molar-refractivity contribution >= 4 is 9.84 Å². The third-order valence-corrected chi connectivity index (χ3v) is 5.92. The van der Waals surface area contributed by atoms with Gasteiger partial charge in [-0.3, -0.25) is 0 Å². The molecule has 0 unspecified atom stereocenters. The fourth-order valence-corrected chi connectivity index (χ4v) is 3.95. The van der Waals surface area contributed by atoms with E-state index in [1.54, 1.807) is 54.6 Å². The van der Waals surface area contributed by atoms with Gasteiger partial charge in [-0.25, -0.2) is 8.42 Å². The summed E-state index contributed by atoms with van der Waals surface area (Å²) in [4.78, 5) is 0.564. The first-order valence-corrected chi connectivity index (χ1v) is 9.88. The van der Waals surface area contributed by atoms with Crippen LogP contribution in [0.4, 0.5) is 0 Å². The van der Waals surface area contributed by atoms with Gasteiger partial charge in [0.25, 0.3) is 0 Å². The van der Waals surface area contributed by atoms with Crippen LogP contribution in [-0.2, 0) is 16.4 Å². The average Bonchev–Trinajstić information content (AvgIpc) is 2.69. The average molecular weight is 367 g/mol. The van der Waals surface area contributed by atoms with E-state index < -0.39 is 15.9 Å². The van der Waals surface area contributed by atoms with E-state index in [-0.39, 0.29) is 9.79 Å². The van der Waals surface area contributed by atoms with Crippen LogP contribution in [0.3, 0.4) is 0 Å². The zero-order valence-corrected chi connectivity index (χ0v) is 15.1. The monoisotopic (exact) mass is 367 g/mol. The van der Waals surface area contributed by atoms with E-state index >= 15 is 0 Å². The van der Waals surface area contributed by atoms with Crippen molar-refractivity contribution in [2.24, 2.45) is 0 Å². The first kappa shape index (κ1) is 18.3. The Morgan fingerprint density at radius 1 is 0.769 bits per heavy atom. The third-order valence-electron chi connectivity index (χ3n) is 4.14. The SMILES string of the molecule is O=S(=O)(c1ccccc1)c1ccc(CNC[C@@H](O)c2ccccc2)cc1. The Labute approximate surface area is 154 Å². The molecule has 0 heterocycles. The molecule has 1 atom stereocenters. The van der Waals surface area contributed by atoms with Crippen molar-refractivity contribution in [3.05, 3.63) is 96.1 Å². The molecule has 4 nitrogen and oxygen atoms in total. The van der Waals surface area contributed by atoms with Crippen molar-refractivity contribution in [1.82, 2.24) is 5.32 Å². The van der Waals surface area contributed by atoms with Gasteiger partial charge in [-0.2, -0.15) is 0 Å². The Kier molecular flexibility index (Phi) is 5.83. The number of hydrogen-bond acceptors (Lipinski definition) is 4. The largest absolute Gasteiger partial charge is 0.387 e. The predicted molar refractivity (Wildman–Crippen MR) is 101 cm³/mol. The van der Waals surface area contributed by atoms with Crippen molar-refractivity contribution in [1.29, 1.82) is 0 Å². The Hall–Kier alpha value is -2.47.